The molecule has 0 aliphatic carbocycles. The Morgan fingerprint density at radius 1 is 1.48 bits per heavy atom. The van der Waals surface area contributed by atoms with Crippen LogP contribution in [0.5, 0.6) is 0 Å². The van der Waals surface area contributed by atoms with Crippen molar-refractivity contribution >= 4 is 18.3 Å². The molecule has 1 aromatic carbocycles. The number of hydrogen-bond donors (Lipinski definition) is 2. The Kier molecular flexibility index (Phi) is 6.51. The molecule has 3 atom stereocenters. The highest BCUT2D eigenvalue weighted by Crippen LogP contribution is 2.21. The fourth-order valence-electron chi connectivity index (χ4n) is 2.31. The second-order valence-electron chi connectivity index (χ2n) is 4.96. The zero-order valence-corrected chi connectivity index (χ0v) is 12.5. The van der Waals surface area contributed by atoms with E-state index in [2.05, 4.69) is 5.32 Å². The van der Waals surface area contributed by atoms with Crippen molar-refractivity contribution in [1.29, 1.82) is 0 Å². The van der Waals surface area contributed by atoms with E-state index >= 15 is 0 Å². The molecule has 1 aliphatic heterocycles. The first kappa shape index (κ1) is 17.8. The number of amides is 1. The lowest BCUT2D eigenvalue weighted by Gasteiger charge is -2.18. The second-order valence-corrected chi connectivity index (χ2v) is 4.96. The molecule has 7 heteroatoms. The normalized spacial score (nSPS) is 22.5. The second kappa shape index (κ2) is 7.68. The van der Waals surface area contributed by atoms with E-state index in [0.717, 1.165) is 18.6 Å². The maximum atomic E-state index is 13.6. The highest BCUT2D eigenvalue weighted by atomic mass is 35.5. The van der Waals surface area contributed by atoms with Gasteiger partial charge in [-0.25, -0.2) is 8.78 Å². The fraction of sp³-hybridized carbons (Fsp3) is 0.500. The maximum Gasteiger partial charge on any atom is 0.249 e. The summed E-state index contributed by atoms with van der Waals surface area (Å²) in [7, 11) is 0. The van der Waals surface area contributed by atoms with Crippen LogP contribution in [0.3, 0.4) is 0 Å². The zero-order valence-electron chi connectivity index (χ0n) is 11.6. The summed E-state index contributed by atoms with van der Waals surface area (Å²) < 4.78 is 31.9. The van der Waals surface area contributed by atoms with Crippen LogP contribution >= 0.6 is 12.4 Å². The molecule has 0 bridgehead atoms. The lowest BCUT2D eigenvalue weighted by atomic mass is 10.1. The van der Waals surface area contributed by atoms with Crippen LogP contribution in [0.25, 0.3) is 0 Å². The summed E-state index contributed by atoms with van der Waals surface area (Å²) in [4.78, 5) is 12.0. The largest absolute Gasteiger partial charge is 0.364 e. The molecule has 0 radical (unpaired) electrons. The standard InChI is InChI=1S/C14H18F2N2O2.ClH/c1-8(11-4-2-9(15)6-12(11)16)18-14(19)13-5-3-10(7-17)20-13;/h2,4,6,8,10,13H,3,5,7,17H2,1H3,(H,18,19);1H/t8?,10-,13+;/m1./s1. The SMILES string of the molecule is CC(NC(=O)[C@@H]1CC[C@H](CN)O1)c1ccc(F)cc1F.Cl. The van der Waals surface area contributed by atoms with Gasteiger partial charge in [0.25, 0.3) is 0 Å². The van der Waals surface area contributed by atoms with Crippen LogP contribution in [-0.4, -0.2) is 24.7 Å². The number of carbonyl (C=O) groups is 1. The number of nitrogens with two attached hydrogens (primary N) is 1. The fourth-order valence-corrected chi connectivity index (χ4v) is 2.31. The van der Waals surface area contributed by atoms with E-state index in [1.165, 1.54) is 6.07 Å². The van der Waals surface area contributed by atoms with Crippen LogP contribution in [-0.2, 0) is 9.53 Å². The predicted molar refractivity (Wildman–Crippen MR) is 77.1 cm³/mol. The van der Waals surface area contributed by atoms with Gasteiger partial charge in [0, 0.05) is 18.2 Å². The number of halogens is 3. The summed E-state index contributed by atoms with van der Waals surface area (Å²) >= 11 is 0. The van der Waals surface area contributed by atoms with E-state index in [0.29, 0.717) is 13.0 Å². The molecule has 1 saturated heterocycles. The number of ether oxygens (including phenoxy) is 1. The predicted octanol–water partition coefficient (Wildman–Crippen LogP) is 2.07. The van der Waals surface area contributed by atoms with Gasteiger partial charge in [0.1, 0.15) is 17.7 Å². The van der Waals surface area contributed by atoms with Crippen molar-refractivity contribution in [3.05, 3.63) is 35.4 Å². The van der Waals surface area contributed by atoms with Crippen molar-refractivity contribution in [3.8, 4) is 0 Å². The Morgan fingerprint density at radius 3 is 2.76 bits per heavy atom. The van der Waals surface area contributed by atoms with Crippen LogP contribution in [0.15, 0.2) is 18.2 Å². The van der Waals surface area contributed by atoms with Gasteiger partial charge in [-0.2, -0.15) is 0 Å². The molecule has 0 saturated carbocycles. The van der Waals surface area contributed by atoms with Gasteiger partial charge in [0.15, 0.2) is 0 Å². The molecule has 0 spiro atoms. The molecular formula is C14H19ClF2N2O2. The van der Waals surface area contributed by atoms with Crippen LogP contribution in [0.2, 0.25) is 0 Å². The molecule has 4 nitrogen and oxygen atoms in total. The Morgan fingerprint density at radius 2 is 2.19 bits per heavy atom. The smallest absolute Gasteiger partial charge is 0.249 e. The van der Waals surface area contributed by atoms with Crippen molar-refractivity contribution < 1.29 is 18.3 Å². The van der Waals surface area contributed by atoms with E-state index in [1.54, 1.807) is 6.92 Å². The van der Waals surface area contributed by atoms with Gasteiger partial charge in [0.2, 0.25) is 5.91 Å². The summed E-state index contributed by atoms with van der Waals surface area (Å²) in [6.45, 7) is 2.02. The molecule has 1 unspecified atom stereocenters. The molecule has 1 fully saturated rings. The van der Waals surface area contributed by atoms with E-state index in [9.17, 15) is 13.6 Å². The molecular weight excluding hydrogens is 302 g/mol. The van der Waals surface area contributed by atoms with Crippen LogP contribution in [0.1, 0.15) is 31.4 Å². The van der Waals surface area contributed by atoms with E-state index in [-0.39, 0.29) is 30.0 Å². The van der Waals surface area contributed by atoms with Crippen LogP contribution in [0, 0.1) is 11.6 Å². The monoisotopic (exact) mass is 320 g/mol. The maximum absolute atomic E-state index is 13.6. The van der Waals surface area contributed by atoms with Crippen molar-refractivity contribution in [1.82, 2.24) is 5.32 Å². The van der Waals surface area contributed by atoms with Gasteiger partial charge in [-0.15, -0.1) is 12.4 Å². The third-order valence-electron chi connectivity index (χ3n) is 3.45. The van der Waals surface area contributed by atoms with E-state index < -0.39 is 23.8 Å². The van der Waals surface area contributed by atoms with Crippen molar-refractivity contribution in [2.45, 2.75) is 38.0 Å². The van der Waals surface area contributed by atoms with Crippen molar-refractivity contribution in [2.75, 3.05) is 6.54 Å². The molecule has 1 aromatic rings. The highest BCUT2D eigenvalue weighted by molar-refractivity contribution is 5.85. The van der Waals surface area contributed by atoms with Gasteiger partial charge in [-0.1, -0.05) is 6.07 Å². The Labute approximate surface area is 128 Å². The highest BCUT2D eigenvalue weighted by Gasteiger charge is 2.30. The molecule has 3 N–H and O–H groups in total. The van der Waals surface area contributed by atoms with E-state index in [4.69, 9.17) is 10.5 Å². The van der Waals surface area contributed by atoms with Crippen molar-refractivity contribution in [2.24, 2.45) is 5.73 Å². The number of benzene rings is 1. The molecule has 1 heterocycles. The number of nitrogens with one attached hydrogen (secondary N) is 1. The van der Waals surface area contributed by atoms with Gasteiger partial charge < -0.3 is 15.8 Å². The number of carbonyl (C=O) groups excluding carboxylic acids is 1. The zero-order chi connectivity index (χ0) is 14.7. The minimum absolute atomic E-state index is 0. The molecule has 118 valence electrons. The van der Waals surface area contributed by atoms with Crippen LogP contribution < -0.4 is 11.1 Å². The van der Waals surface area contributed by atoms with Gasteiger partial charge in [-0.3, -0.25) is 4.79 Å². The Bertz CT molecular complexity index is 502. The Hall–Kier alpha value is -1.24. The summed E-state index contributed by atoms with van der Waals surface area (Å²) in [6.07, 6.45) is 0.707. The molecule has 1 amide bonds. The first-order chi connectivity index (χ1) is 9.51. The molecule has 2 rings (SSSR count). The summed E-state index contributed by atoms with van der Waals surface area (Å²) in [5, 5.41) is 2.68. The van der Waals surface area contributed by atoms with Crippen molar-refractivity contribution in [3.63, 3.8) is 0 Å². The van der Waals surface area contributed by atoms with Crippen LogP contribution in [0.4, 0.5) is 8.78 Å². The summed E-state index contributed by atoms with van der Waals surface area (Å²) in [5.41, 5.74) is 5.72. The summed E-state index contributed by atoms with van der Waals surface area (Å²) in [6, 6.07) is 2.74. The molecule has 0 aromatic heterocycles. The van der Waals surface area contributed by atoms with Gasteiger partial charge >= 0.3 is 0 Å². The lowest BCUT2D eigenvalue weighted by Crippen LogP contribution is -2.37. The number of rotatable bonds is 4. The minimum Gasteiger partial charge on any atom is -0.364 e. The Balaban J connectivity index is 0.00000220. The molecule has 1 aliphatic rings. The average Bonchev–Trinajstić information content (AvgIpc) is 2.87. The van der Waals surface area contributed by atoms with Gasteiger partial charge in [0.05, 0.1) is 12.1 Å². The summed E-state index contributed by atoms with van der Waals surface area (Å²) in [5.74, 6) is -1.61. The minimum atomic E-state index is -0.676. The quantitative estimate of drug-likeness (QED) is 0.892. The first-order valence-corrected chi connectivity index (χ1v) is 6.62. The van der Waals surface area contributed by atoms with Gasteiger partial charge in [-0.05, 0) is 25.8 Å². The molecule has 21 heavy (non-hydrogen) atoms. The third kappa shape index (κ3) is 4.36. The van der Waals surface area contributed by atoms with E-state index in [1.807, 2.05) is 0 Å². The topological polar surface area (TPSA) is 64.4 Å². The lowest BCUT2D eigenvalue weighted by molar-refractivity contribution is -0.132. The third-order valence-corrected chi connectivity index (χ3v) is 3.45. The first-order valence-electron chi connectivity index (χ1n) is 6.62. The average molecular weight is 321 g/mol. The number of hydrogen-bond acceptors (Lipinski definition) is 3.